The molecule has 20 heavy (non-hydrogen) atoms. The molecule has 1 aromatic carbocycles. The number of benzene rings is 1. The van der Waals surface area contributed by atoms with Crippen LogP contribution in [0.25, 0.3) is 0 Å². The summed E-state index contributed by atoms with van der Waals surface area (Å²) >= 11 is 6.15. The molecule has 0 atom stereocenters. The van der Waals surface area contributed by atoms with Crippen molar-refractivity contribution < 1.29 is 4.79 Å². The van der Waals surface area contributed by atoms with Gasteiger partial charge < -0.3 is 15.5 Å². The van der Waals surface area contributed by atoms with Crippen LogP contribution >= 0.6 is 11.6 Å². The van der Waals surface area contributed by atoms with Gasteiger partial charge in [-0.2, -0.15) is 0 Å². The fourth-order valence-corrected chi connectivity index (χ4v) is 2.57. The van der Waals surface area contributed by atoms with Gasteiger partial charge in [-0.15, -0.1) is 0 Å². The minimum absolute atomic E-state index is 0.0842. The molecule has 0 radical (unpaired) electrons. The maximum absolute atomic E-state index is 12.0. The second-order valence-electron chi connectivity index (χ2n) is 5.14. The Kier molecular flexibility index (Phi) is 5.83. The molecule has 1 aliphatic heterocycles. The summed E-state index contributed by atoms with van der Waals surface area (Å²) in [5.74, 6) is -0.0842. The van der Waals surface area contributed by atoms with Gasteiger partial charge in [-0.1, -0.05) is 23.7 Å². The van der Waals surface area contributed by atoms with Gasteiger partial charge in [0.15, 0.2) is 0 Å². The molecule has 1 saturated heterocycles. The Hall–Kier alpha value is -1.10. The zero-order valence-electron chi connectivity index (χ0n) is 11.9. The molecule has 2 rings (SSSR count). The number of amides is 1. The first kappa shape index (κ1) is 15.3. The minimum Gasteiger partial charge on any atom is -0.352 e. The number of rotatable bonds is 5. The SMILES string of the molecule is Cc1cccc(C(=O)NCCCN2CCNCC2)c1Cl. The van der Waals surface area contributed by atoms with Crippen molar-refractivity contribution in [3.05, 3.63) is 34.3 Å². The van der Waals surface area contributed by atoms with E-state index in [4.69, 9.17) is 11.6 Å². The van der Waals surface area contributed by atoms with E-state index in [1.807, 2.05) is 19.1 Å². The summed E-state index contributed by atoms with van der Waals surface area (Å²) in [5, 5.41) is 6.82. The Morgan fingerprint density at radius 2 is 2.15 bits per heavy atom. The lowest BCUT2D eigenvalue weighted by atomic mass is 10.1. The summed E-state index contributed by atoms with van der Waals surface area (Å²) in [4.78, 5) is 14.5. The van der Waals surface area contributed by atoms with Gasteiger partial charge in [0.05, 0.1) is 10.6 Å². The van der Waals surface area contributed by atoms with Crippen LogP contribution in [0.2, 0.25) is 5.02 Å². The van der Waals surface area contributed by atoms with Gasteiger partial charge in [0.2, 0.25) is 0 Å². The zero-order valence-corrected chi connectivity index (χ0v) is 12.7. The fraction of sp³-hybridized carbons (Fsp3) is 0.533. The molecule has 5 heteroatoms. The molecule has 2 N–H and O–H groups in total. The molecule has 1 amide bonds. The summed E-state index contributed by atoms with van der Waals surface area (Å²) in [6.45, 7) is 7.94. The normalized spacial score (nSPS) is 16.1. The van der Waals surface area contributed by atoms with Crippen molar-refractivity contribution in [2.45, 2.75) is 13.3 Å². The van der Waals surface area contributed by atoms with Crippen LogP contribution < -0.4 is 10.6 Å². The zero-order chi connectivity index (χ0) is 14.4. The van der Waals surface area contributed by atoms with Crippen molar-refractivity contribution in [1.29, 1.82) is 0 Å². The predicted octanol–water partition coefficient (Wildman–Crippen LogP) is 1.67. The standard InChI is InChI=1S/C15H22ClN3O/c1-12-4-2-5-13(14(12)16)15(20)18-6-3-9-19-10-7-17-8-11-19/h2,4-5,17H,3,6-11H2,1H3,(H,18,20). The third kappa shape index (κ3) is 4.20. The van der Waals surface area contributed by atoms with Crippen molar-refractivity contribution in [3.8, 4) is 0 Å². The van der Waals surface area contributed by atoms with Crippen LogP contribution in [-0.4, -0.2) is 50.1 Å². The van der Waals surface area contributed by atoms with E-state index >= 15 is 0 Å². The highest BCUT2D eigenvalue weighted by atomic mass is 35.5. The predicted molar refractivity (Wildman–Crippen MR) is 82.4 cm³/mol. The number of aryl methyl sites for hydroxylation is 1. The molecule has 0 unspecified atom stereocenters. The Balaban J connectivity index is 1.73. The van der Waals surface area contributed by atoms with E-state index < -0.39 is 0 Å². The Bertz CT molecular complexity index is 458. The highest BCUT2D eigenvalue weighted by molar-refractivity contribution is 6.34. The topological polar surface area (TPSA) is 44.4 Å². The Labute approximate surface area is 125 Å². The van der Waals surface area contributed by atoms with E-state index in [1.165, 1.54) is 0 Å². The number of piperazine rings is 1. The fourth-order valence-electron chi connectivity index (χ4n) is 2.36. The molecule has 110 valence electrons. The summed E-state index contributed by atoms with van der Waals surface area (Å²) in [5.41, 5.74) is 1.49. The first-order valence-electron chi connectivity index (χ1n) is 7.15. The van der Waals surface area contributed by atoms with E-state index in [0.717, 1.165) is 44.7 Å². The van der Waals surface area contributed by atoms with Crippen LogP contribution in [0, 0.1) is 6.92 Å². The molecule has 0 bridgehead atoms. The molecular formula is C15H22ClN3O. The van der Waals surface area contributed by atoms with Gasteiger partial charge in [-0.25, -0.2) is 0 Å². The average molecular weight is 296 g/mol. The van der Waals surface area contributed by atoms with Crippen LogP contribution in [0.5, 0.6) is 0 Å². The third-order valence-corrected chi connectivity index (χ3v) is 4.08. The lowest BCUT2D eigenvalue weighted by Gasteiger charge is -2.27. The van der Waals surface area contributed by atoms with Gasteiger partial charge in [0.25, 0.3) is 5.91 Å². The van der Waals surface area contributed by atoms with Crippen LogP contribution in [0.3, 0.4) is 0 Å². The number of nitrogens with one attached hydrogen (secondary N) is 2. The van der Waals surface area contributed by atoms with Crippen LogP contribution in [0.4, 0.5) is 0 Å². The van der Waals surface area contributed by atoms with E-state index in [9.17, 15) is 4.79 Å². The highest BCUT2D eigenvalue weighted by Gasteiger charge is 2.12. The van der Waals surface area contributed by atoms with Crippen LogP contribution in [0.1, 0.15) is 22.3 Å². The van der Waals surface area contributed by atoms with Gasteiger partial charge >= 0.3 is 0 Å². The number of nitrogens with zero attached hydrogens (tertiary/aromatic N) is 1. The van der Waals surface area contributed by atoms with E-state index in [0.29, 0.717) is 17.1 Å². The lowest BCUT2D eigenvalue weighted by molar-refractivity contribution is 0.0951. The first-order valence-corrected chi connectivity index (χ1v) is 7.52. The van der Waals surface area contributed by atoms with Gasteiger partial charge in [-0.05, 0) is 31.5 Å². The number of hydrogen-bond donors (Lipinski definition) is 2. The van der Waals surface area contributed by atoms with Gasteiger partial charge in [0, 0.05) is 32.7 Å². The number of hydrogen-bond acceptors (Lipinski definition) is 3. The van der Waals surface area contributed by atoms with Crippen molar-refractivity contribution in [3.63, 3.8) is 0 Å². The summed E-state index contributed by atoms with van der Waals surface area (Å²) in [6.07, 6.45) is 0.967. The van der Waals surface area contributed by atoms with Crippen molar-refractivity contribution >= 4 is 17.5 Å². The van der Waals surface area contributed by atoms with E-state index in [-0.39, 0.29) is 5.91 Å². The lowest BCUT2D eigenvalue weighted by Crippen LogP contribution is -2.44. The number of halogens is 1. The molecule has 4 nitrogen and oxygen atoms in total. The Morgan fingerprint density at radius 1 is 1.40 bits per heavy atom. The summed E-state index contributed by atoms with van der Waals surface area (Å²) < 4.78 is 0. The molecule has 1 aliphatic rings. The van der Waals surface area contributed by atoms with Crippen molar-refractivity contribution in [2.24, 2.45) is 0 Å². The van der Waals surface area contributed by atoms with E-state index in [2.05, 4.69) is 15.5 Å². The van der Waals surface area contributed by atoms with Crippen molar-refractivity contribution in [2.75, 3.05) is 39.3 Å². The Morgan fingerprint density at radius 3 is 2.90 bits per heavy atom. The first-order chi connectivity index (χ1) is 9.68. The molecule has 0 aromatic heterocycles. The molecule has 0 saturated carbocycles. The second-order valence-corrected chi connectivity index (χ2v) is 5.52. The maximum atomic E-state index is 12.0. The molecule has 0 spiro atoms. The molecular weight excluding hydrogens is 274 g/mol. The molecule has 1 aromatic rings. The summed E-state index contributed by atoms with van der Waals surface area (Å²) in [6, 6.07) is 5.53. The molecule has 1 heterocycles. The maximum Gasteiger partial charge on any atom is 0.252 e. The minimum atomic E-state index is -0.0842. The largest absolute Gasteiger partial charge is 0.352 e. The van der Waals surface area contributed by atoms with Gasteiger partial charge in [-0.3, -0.25) is 4.79 Å². The third-order valence-electron chi connectivity index (χ3n) is 3.58. The van der Waals surface area contributed by atoms with Crippen LogP contribution in [0.15, 0.2) is 18.2 Å². The average Bonchev–Trinajstić information content (AvgIpc) is 2.47. The highest BCUT2D eigenvalue weighted by Crippen LogP contribution is 2.19. The van der Waals surface area contributed by atoms with E-state index in [1.54, 1.807) is 6.07 Å². The quantitative estimate of drug-likeness (QED) is 0.812. The van der Waals surface area contributed by atoms with Crippen LogP contribution in [-0.2, 0) is 0 Å². The molecule has 1 fully saturated rings. The summed E-state index contributed by atoms with van der Waals surface area (Å²) in [7, 11) is 0. The smallest absolute Gasteiger partial charge is 0.252 e. The van der Waals surface area contributed by atoms with Crippen molar-refractivity contribution in [1.82, 2.24) is 15.5 Å². The monoisotopic (exact) mass is 295 g/mol. The molecule has 0 aliphatic carbocycles. The second kappa shape index (κ2) is 7.62. The van der Waals surface area contributed by atoms with Gasteiger partial charge in [0.1, 0.15) is 0 Å². The number of carbonyl (C=O) groups is 1. The number of carbonyl (C=O) groups excluding carboxylic acids is 1.